The van der Waals surface area contributed by atoms with Gasteiger partial charge in [-0.05, 0) is 43.2 Å². The van der Waals surface area contributed by atoms with Crippen LogP contribution in [0.1, 0.15) is 16.7 Å². The van der Waals surface area contributed by atoms with Crippen molar-refractivity contribution in [1.29, 1.82) is 5.26 Å². The van der Waals surface area contributed by atoms with Gasteiger partial charge >= 0.3 is 0 Å². The molecule has 1 N–H and O–H groups in total. The Morgan fingerprint density at radius 3 is 2.61 bits per heavy atom. The van der Waals surface area contributed by atoms with Crippen molar-refractivity contribution >= 4 is 11.6 Å². The lowest BCUT2D eigenvalue weighted by Gasteiger charge is -2.13. The van der Waals surface area contributed by atoms with Crippen molar-refractivity contribution in [3.05, 3.63) is 52.0 Å². The molecule has 2 rings (SSSR count). The van der Waals surface area contributed by atoms with Crippen molar-refractivity contribution in [1.82, 2.24) is 0 Å². The van der Waals surface area contributed by atoms with E-state index in [4.69, 9.17) is 16.9 Å². The molecule has 0 fully saturated rings. The molecule has 0 atom stereocenters. The van der Waals surface area contributed by atoms with Crippen LogP contribution in [0.4, 0.5) is 0 Å². The van der Waals surface area contributed by atoms with E-state index < -0.39 is 0 Å². The third-order valence-corrected chi connectivity index (χ3v) is 3.45. The molecule has 0 saturated carbocycles. The number of nitrogens with zero attached hydrogens (tertiary/aromatic N) is 1. The second-order valence-corrected chi connectivity index (χ2v) is 4.60. The molecule has 0 spiro atoms. The average molecular weight is 258 g/mol. The zero-order valence-corrected chi connectivity index (χ0v) is 10.9. The maximum Gasteiger partial charge on any atom is 0.119 e. The highest BCUT2D eigenvalue weighted by molar-refractivity contribution is 6.34. The SMILES string of the molecule is Cc1cc(O)c(C)c(-c2cccc(C#N)c2)c1Cl. The first-order chi connectivity index (χ1) is 8.54. The van der Waals surface area contributed by atoms with Gasteiger partial charge in [0.1, 0.15) is 5.75 Å². The molecule has 0 saturated heterocycles. The molecule has 0 heterocycles. The molecule has 18 heavy (non-hydrogen) atoms. The minimum atomic E-state index is 0.217. The predicted octanol–water partition coefficient (Wildman–Crippen LogP) is 4.20. The Labute approximate surface area is 111 Å². The van der Waals surface area contributed by atoms with Crippen LogP contribution in [0.2, 0.25) is 5.02 Å². The Balaban J connectivity index is 2.75. The van der Waals surface area contributed by atoms with Crippen LogP contribution in [0.25, 0.3) is 11.1 Å². The third-order valence-electron chi connectivity index (χ3n) is 2.96. The minimum absolute atomic E-state index is 0.217. The van der Waals surface area contributed by atoms with Gasteiger partial charge in [0, 0.05) is 11.1 Å². The second-order valence-electron chi connectivity index (χ2n) is 4.22. The van der Waals surface area contributed by atoms with E-state index in [1.165, 1.54) is 0 Å². The number of phenols is 1. The second kappa shape index (κ2) is 4.72. The maximum atomic E-state index is 9.87. The zero-order chi connectivity index (χ0) is 13.3. The minimum Gasteiger partial charge on any atom is -0.508 e. The highest BCUT2D eigenvalue weighted by Crippen LogP contribution is 2.38. The first kappa shape index (κ1) is 12.5. The van der Waals surface area contributed by atoms with Gasteiger partial charge in [-0.2, -0.15) is 5.26 Å². The molecule has 2 nitrogen and oxygen atoms in total. The van der Waals surface area contributed by atoms with E-state index >= 15 is 0 Å². The van der Waals surface area contributed by atoms with Crippen molar-refractivity contribution in [2.24, 2.45) is 0 Å². The summed E-state index contributed by atoms with van der Waals surface area (Å²) < 4.78 is 0. The topological polar surface area (TPSA) is 44.0 Å². The van der Waals surface area contributed by atoms with Crippen LogP contribution in [0.15, 0.2) is 30.3 Å². The molecule has 90 valence electrons. The molecule has 3 heteroatoms. The Morgan fingerprint density at radius 1 is 1.22 bits per heavy atom. The normalized spacial score (nSPS) is 10.1. The standard InChI is InChI=1S/C15H12ClNO/c1-9-6-13(18)10(2)14(15(9)16)12-5-3-4-11(7-12)8-17/h3-7,18H,1-2H3. The number of nitriles is 1. The average Bonchev–Trinajstić information content (AvgIpc) is 2.37. The molecule has 0 radical (unpaired) electrons. The molecule has 2 aromatic rings. The summed E-state index contributed by atoms with van der Waals surface area (Å²) in [5.74, 6) is 0.217. The highest BCUT2D eigenvalue weighted by Gasteiger charge is 2.13. The van der Waals surface area contributed by atoms with Gasteiger partial charge in [0.2, 0.25) is 0 Å². The van der Waals surface area contributed by atoms with Gasteiger partial charge in [0.25, 0.3) is 0 Å². The van der Waals surface area contributed by atoms with Gasteiger partial charge in [-0.1, -0.05) is 23.7 Å². The number of phenolic OH excluding ortho intramolecular Hbond substituents is 1. The summed E-state index contributed by atoms with van der Waals surface area (Å²) in [5.41, 5.74) is 3.74. The number of benzene rings is 2. The largest absolute Gasteiger partial charge is 0.508 e. The number of halogens is 1. The van der Waals surface area contributed by atoms with Crippen molar-refractivity contribution in [2.45, 2.75) is 13.8 Å². The Bertz CT molecular complexity index is 630. The summed E-state index contributed by atoms with van der Waals surface area (Å²) in [4.78, 5) is 0. The first-order valence-corrected chi connectivity index (χ1v) is 5.91. The monoisotopic (exact) mass is 257 g/mol. The van der Waals surface area contributed by atoms with Crippen molar-refractivity contribution in [3.8, 4) is 22.9 Å². The first-order valence-electron chi connectivity index (χ1n) is 5.53. The molecule has 0 bridgehead atoms. The molecule has 0 aliphatic rings. The summed E-state index contributed by atoms with van der Waals surface area (Å²) in [7, 11) is 0. The number of rotatable bonds is 1. The quantitative estimate of drug-likeness (QED) is 0.832. The van der Waals surface area contributed by atoms with Crippen LogP contribution < -0.4 is 0 Å². The summed E-state index contributed by atoms with van der Waals surface area (Å²) in [6, 6.07) is 10.9. The van der Waals surface area contributed by atoms with Crippen molar-refractivity contribution < 1.29 is 5.11 Å². The molecule has 0 aliphatic carbocycles. The van der Waals surface area contributed by atoms with E-state index in [1.54, 1.807) is 18.2 Å². The van der Waals surface area contributed by atoms with Gasteiger partial charge < -0.3 is 5.11 Å². The van der Waals surface area contributed by atoms with Gasteiger partial charge in [-0.25, -0.2) is 0 Å². The predicted molar refractivity (Wildman–Crippen MR) is 72.7 cm³/mol. The van der Waals surface area contributed by atoms with Crippen LogP contribution in [0, 0.1) is 25.2 Å². The fraction of sp³-hybridized carbons (Fsp3) is 0.133. The van der Waals surface area contributed by atoms with Crippen molar-refractivity contribution in [2.75, 3.05) is 0 Å². The van der Waals surface area contributed by atoms with E-state index in [-0.39, 0.29) is 5.75 Å². The smallest absolute Gasteiger partial charge is 0.119 e. The summed E-state index contributed by atoms with van der Waals surface area (Å²) in [6.45, 7) is 3.66. The fourth-order valence-electron chi connectivity index (χ4n) is 1.95. The molecule has 0 aromatic heterocycles. The van der Waals surface area contributed by atoms with Crippen LogP contribution in [-0.4, -0.2) is 5.11 Å². The van der Waals surface area contributed by atoms with E-state index in [2.05, 4.69) is 6.07 Å². The van der Waals surface area contributed by atoms with Gasteiger partial charge in [-0.15, -0.1) is 0 Å². The van der Waals surface area contributed by atoms with Gasteiger partial charge in [-0.3, -0.25) is 0 Å². The number of hydrogen-bond donors (Lipinski definition) is 1. The van der Waals surface area contributed by atoms with E-state index in [9.17, 15) is 5.11 Å². The van der Waals surface area contributed by atoms with E-state index in [0.717, 1.165) is 22.3 Å². The van der Waals surface area contributed by atoms with E-state index in [1.807, 2.05) is 26.0 Å². The van der Waals surface area contributed by atoms with E-state index in [0.29, 0.717) is 10.6 Å². The Kier molecular flexibility index (Phi) is 3.27. The molecule has 0 amide bonds. The molecule has 2 aromatic carbocycles. The molecule has 0 unspecified atom stereocenters. The molecular formula is C15H12ClNO. The fourth-order valence-corrected chi connectivity index (χ4v) is 2.26. The Morgan fingerprint density at radius 2 is 1.94 bits per heavy atom. The number of aryl methyl sites for hydroxylation is 1. The molecular weight excluding hydrogens is 246 g/mol. The number of aromatic hydroxyl groups is 1. The summed E-state index contributed by atoms with van der Waals surface area (Å²) in [5, 5.41) is 19.4. The van der Waals surface area contributed by atoms with Gasteiger partial charge in [0.15, 0.2) is 0 Å². The van der Waals surface area contributed by atoms with Crippen molar-refractivity contribution in [3.63, 3.8) is 0 Å². The lowest BCUT2D eigenvalue weighted by Crippen LogP contribution is -1.90. The van der Waals surface area contributed by atoms with Crippen LogP contribution in [-0.2, 0) is 0 Å². The van der Waals surface area contributed by atoms with Gasteiger partial charge in [0.05, 0.1) is 16.7 Å². The lowest BCUT2D eigenvalue weighted by atomic mass is 9.96. The Hall–Kier alpha value is -1.98. The molecule has 0 aliphatic heterocycles. The van der Waals surface area contributed by atoms with Crippen LogP contribution in [0.5, 0.6) is 5.75 Å². The summed E-state index contributed by atoms with van der Waals surface area (Å²) in [6.07, 6.45) is 0. The maximum absolute atomic E-state index is 9.87. The van der Waals surface area contributed by atoms with Crippen LogP contribution >= 0.6 is 11.6 Å². The zero-order valence-electron chi connectivity index (χ0n) is 10.2. The highest BCUT2D eigenvalue weighted by atomic mass is 35.5. The van der Waals surface area contributed by atoms with Crippen LogP contribution in [0.3, 0.4) is 0 Å². The number of hydrogen-bond acceptors (Lipinski definition) is 2. The summed E-state index contributed by atoms with van der Waals surface area (Å²) >= 11 is 6.31. The third kappa shape index (κ3) is 2.05. The lowest BCUT2D eigenvalue weighted by molar-refractivity contribution is 0.471.